The summed E-state index contributed by atoms with van der Waals surface area (Å²) in [6.45, 7) is 1.87. The van der Waals surface area contributed by atoms with Crippen LogP contribution in [0.1, 0.15) is 35.3 Å². The molecular formula is C16H15FN2O2S. The Hall–Kier alpha value is -2.21. The predicted molar refractivity (Wildman–Crippen MR) is 83.8 cm³/mol. The first kappa shape index (κ1) is 14.7. The molecule has 4 nitrogen and oxygen atoms in total. The zero-order valence-corrected chi connectivity index (χ0v) is 12.8. The van der Waals surface area contributed by atoms with Gasteiger partial charge in [-0.3, -0.25) is 4.79 Å². The van der Waals surface area contributed by atoms with Gasteiger partial charge < -0.3 is 5.11 Å². The number of nitrogens with zero attached hydrogens (tertiary/aromatic N) is 1. The number of benzene rings is 1. The fraction of sp³-hybridized carbons (Fsp3) is 0.250. The van der Waals surface area contributed by atoms with Crippen molar-refractivity contribution in [2.75, 3.05) is 0 Å². The second-order valence-corrected chi connectivity index (χ2v) is 6.34. The maximum Gasteiger partial charge on any atom is 0.245 e. The van der Waals surface area contributed by atoms with Crippen LogP contribution < -0.4 is 5.43 Å². The van der Waals surface area contributed by atoms with Crippen molar-refractivity contribution < 1.29 is 14.3 Å². The van der Waals surface area contributed by atoms with Crippen molar-refractivity contribution in [1.29, 1.82) is 0 Å². The molecule has 1 aliphatic rings. The third-order valence-electron chi connectivity index (χ3n) is 3.68. The number of phenols is 1. The number of hydrazone groups is 1. The van der Waals surface area contributed by atoms with Gasteiger partial charge in [-0.05, 0) is 35.9 Å². The Morgan fingerprint density at radius 3 is 3.05 bits per heavy atom. The van der Waals surface area contributed by atoms with Crippen LogP contribution in [0.15, 0.2) is 34.7 Å². The molecule has 0 unspecified atom stereocenters. The first-order valence-corrected chi connectivity index (χ1v) is 7.83. The molecule has 1 aromatic heterocycles. The Morgan fingerprint density at radius 2 is 2.32 bits per heavy atom. The third-order valence-corrected chi connectivity index (χ3v) is 4.56. The van der Waals surface area contributed by atoms with Crippen LogP contribution in [0.5, 0.6) is 5.75 Å². The van der Waals surface area contributed by atoms with Crippen molar-refractivity contribution in [3.63, 3.8) is 0 Å². The van der Waals surface area contributed by atoms with Gasteiger partial charge >= 0.3 is 0 Å². The summed E-state index contributed by atoms with van der Waals surface area (Å²) in [5.41, 5.74) is 3.88. The van der Waals surface area contributed by atoms with Crippen molar-refractivity contribution in [1.82, 2.24) is 5.43 Å². The summed E-state index contributed by atoms with van der Waals surface area (Å²) in [7, 11) is 0. The van der Waals surface area contributed by atoms with Crippen LogP contribution in [-0.2, 0) is 11.2 Å². The first-order valence-electron chi connectivity index (χ1n) is 6.95. The highest BCUT2D eigenvalue weighted by Gasteiger charge is 2.30. The lowest BCUT2D eigenvalue weighted by atomic mass is 10.0. The number of carbonyl (C=O) groups is 1. The number of halogens is 1. The first-order chi connectivity index (χ1) is 10.6. The monoisotopic (exact) mass is 318 g/mol. The van der Waals surface area contributed by atoms with E-state index < -0.39 is 0 Å². The topological polar surface area (TPSA) is 61.7 Å². The molecule has 22 heavy (non-hydrogen) atoms. The molecule has 1 aliphatic carbocycles. The Bertz CT molecular complexity index is 741. The Labute approximate surface area is 131 Å². The van der Waals surface area contributed by atoms with Crippen molar-refractivity contribution in [2.45, 2.75) is 25.7 Å². The minimum absolute atomic E-state index is 0.00740. The smallest absolute Gasteiger partial charge is 0.245 e. The molecule has 0 saturated heterocycles. The highest BCUT2D eigenvalue weighted by molar-refractivity contribution is 7.10. The molecule has 0 fully saturated rings. The van der Waals surface area contributed by atoms with Crippen molar-refractivity contribution in [3.8, 4) is 5.75 Å². The van der Waals surface area contributed by atoms with Crippen LogP contribution in [-0.4, -0.2) is 16.7 Å². The molecule has 1 heterocycles. The molecule has 0 bridgehead atoms. The lowest BCUT2D eigenvalue weighted by Crippen LogP contribution is -2.21. The molecule has 1 atom stereocenters. The standard InChI is InChI=1S/C16H15FN2O2S/c1-9-7-12(16-13(20)5-4-11(17)15(9)16)18-19-14(21)8-10-3-2-6-22-10/h2-6,9,20H,7-8H2,1H3,(H,19,21)/b18-12+/t9-/m0/s1. The minimum Gasteiger partial charge on any atom is -0.507 e. The van der Waals surface area contributed by atoms with Crippen LogP contribution in [0.3, 0.4) is 0 Å². The van der Waals surface area contributed by atoms with Gasteiger partial charge in [-0.25, -0.2) is 9.82 Å². The predicted octanol–water partition coefficient (Wildman–Crippen LogP) is 3.16. The quantitative estimate of drug-likeness (QED) is 0.854. The number of nitrogens with one attached hydrogen (secondary N) is 1. The zero-order valence-electron chi connectivity index (χ0n) is 12.0. The number of hydrogen-bond acceptors (Lipinski definition) is 4. The number of thiophene rings is 1. The van der Waals surface area contributed by atoms with E-state index >= 15 is 0 Å². The summed E-state index contributed by atoms with van der Waals surface area (Å²) in [4.78, 5) is 12.8. The molecule has 0 saturated carbocycles. The van der Waals surface area contributed by atoms with E-state index in [2.05, 4.69) is 10.5 Å². The maximum atomic E-state index is 13.9. The van der Waals surface area contributed by atoms with E-state index in [1.807, 2.05) is 24.4 Å². The second kappa shape index (κ2) is 5.88. The van der Waals surface area contributed by atoms with E-state index in [0.29, 0.717) is 23.3 Å². The third kappa shape index (κ3) is 2.74. The van der Waals surface area contributed by atoms with E-state index in [-0.39, 0.29) is 29.8 Å². The Kier molecular flexibility index (Phi) is 3.94. The number of amides is 1. The van der Waals surface area contributed by atoms with E-state index in [1.54, 1.807) is 0 Å². The number of aromatic hydroxyl groups is 1. The van der Waals surface area contributed by atoms with E-state index in [0.717, 1.165) is 4.88 Å². The van der Waals surface area contributed by atoms with Gasteiger partial charge in [0.05, 0.1) is 12.1 Å². The van der Waals surface area contributed by atoms with Gasteiger partial charge in [0.1, 0.15) is 11.6 Å². The summed E-state index contributed by atoms with van der Waals surface area (Å²) in [6, 6.07) is 6.33. The second-order valence-electron chi connectivity index (χ2n) is 5.31. The lowest BCUT2D eigenvalue weighted by molar-refractivity contribution is -0.120. The van der Waals surface area contributed by atoms with Crippen molar-refractivity contribution >= 4 is 23.0 Å². The normalized spacial score (nSPS) is 18.5. The summed E-state index contributed by atoms with van der Waals surface area (Å²) in [5, 5.41) is 16.0. The summed E-state index contributed by atoms with van der Waals surface area (Å²) in [5.74, 6) is -0.663. The average molecular weight is 318 g/mol. The molecule has 0 spiro atoms. The van der Waals surface area contributed by atoms with Crippen LogP contribution in [0.2, 0.25) is 0 Å². The fourth-order valence-corrected chi connectivity index (χ4v) is 3.41. The number of rotatable bonds is 3. The summed E-state index contributed by atoms with van der Waals surface area (Å²) in [6.07, 6.45) is 0.745. The maximum absolute atomic E-state index is 13.9. The Balaban J connectivity index is 1.80. The number of phenolic OH excluding ortho intramolecular Hbond substituents is 1. The molecule has 2 N–H and O–H groups in total. The van der Waals surface area contributed by atoms with E-state index in [1.165, 1.54) is 23.5 Å². The molecule has 2 aromatic rings. The van der Waals surface area contributed by atoms with Gasteiger partial charge in [-0.15, -0.1) is 11.3 Å². The van der Waals surface area contributed by atoms with Gasteiger partial charge in [-0.2, -0.15) is 5.10 Å². The van der Waals surface area contributed by atoms with Crippen LogP contribution in [0.25, 0.3) is 0 Å². The molecule has 0 aliphatic heterocycles. The van der Waals surface area contributed by atoms with Gasteiger partial charge in [-0.1, -0.05) is 13.0 Å². The molecule has 114 valence electrons. The molecule has 1 amide bonds. The largest absolute Gasteiger partial charge is 0.507 e. The lowest BCUT2D eigenvalue weighted by Gasteiger charge is -2.06. The number of carbonyl (C=O) groups excluding carboxylic acids is 1. The van der Waals surface area contributed by atoms with E-state index in [9.17, 15) is 14.3 Å². The van der Waals surface area contributed by atoms with Gasteiger partial charge in [0.25, 0.3) is 0 Å². The van der Waals surface area contributed by atoms with Crippen molar-refractivity contribution in [3.05, 3.63) is 51.5 Å². The fourth-order valence-electron chi connectivity index (χ4n) is 2.70. The van der Waals surface area contributed by atoms with Crippen LogP contribution in [0, 0.1) is 5.82 Å². The SMILES string of the molecule is C[C@H]1C/C(=N\NC(=O)Cc2cccs2)c2c(O)ccc(F)c21. The molecule has 3 rings (SSSR count). The zero-order chi connectivity index (χ0) is 15.7. The number of hydrogen-bond donors (Lipinski definition) is 2. The minimum atomic E-state index is -0.351. The highest BCUT2D eigenvalue weighted by atomic mass is 32.1. The van der Waals surface area contributed by atoms with Gasteiger partial charge in [0, 0.05) is 16.0 Å². The summed E-state index contributed by atoms with van der Waals surface area (Å²) >= 11 is 1.50. The Morgan fingerprint density at radius 1 is 1.50 bits per heavy atom. The van der Waals surface area contributed by atoms with Crippen molar-refractivity contribution in [2.24, 2.45) is 5.10 Å². The van der Waals surface area contributed by atoms with Crippen LogP contribution in [0.4, 0.5) is 4.39 Å². The molecule has 0 radical (unpaired) electrons. The van der Waals surface area contributed by atoms with Crippen LogP contribution >= 0.6 is 11.3 Å². The summed E-state index contributed by atoms with van der Waals surface area (Å²) < 4.78 is 13.9. The van der Waals surface area contributed by atoms with Gasteiger partial charge in [0.15, 0.2) is 0 Å². The number of fused-ring (bicyclic) bond motifs is 1. The van der Waals surface area contributed by atoms with E-state index in [4.69, 9.17) is 0 Å². The van der Waals surface area contributed by atoms with Gasteiger partial charge in [0.2, 0.25) is 5.91 Å². The molecular weight excluding hydrogens is 303 g/mol. The molecule has 1 aromatic carbocycles. The highest BCUT2D eigenvalue weighted by Crippen LogP contribution is 2.39. The molecule has 6 heteroatoms. The average Bonchev–Trinajstić information content (AvgIpc) is 3.09.